The Balaban J connectivity index is 0.000000391. The van der Waals surface area contributed by atoms with Crippen molar-refractivity contribution in [1.82, 2.24) is 0 Å². The van der Waals surface area contributed by atoms with Crippen LogP contribution in [-0.4, -0.2) is 168 Å². The number of pyridine rings is 1. The molecule has 1 fully saturated rings. The van der Waals surface area contributed by atoms with Gasteiger partial charge in [-0.2, -0.15) is 13.5 Å². The highest BCUT2D eigenvalue weighted by atomic mass is 79.9. The van der Waals surface area contributed by atoms with Crippen LogP contribution < -0.4 is 37.6 Å². The van der Waals surface area contributed by atoms with Crippen molar-refractivity contribution in [3.8, 4) is 11.5 Å². The monoisotopic (exact) mass is 1830 g/mol. The maximum atomic E-state index is 13.3. The van der Waals surface area contributed by atoms with E-state index in [1.807, 2.05) is 101 Å². The van der Waals surface area contributed by atoms with Crippen LogP contribution in [0, 0.1) is 11.1 Å². The molecule has 0 aliphatic heterocycles. The summed E-state index contributed by atoms with van der Waals surface area (Å²) in [5.74, 6) is -2.80. The number of nitrogens with zero attached hydrogens (tertiary/aromatic N) is 4. The van der Waals surface area contributed by atoms with Crippen LogP contribution in [0.4, 0.5) is 37.2 Å². The number of rotatable bonds is 29. The number of ether oxygens (including phenoxy) is 5. The van der Waals surface area contributed by atoms with Crippen LogP contribution >= 0.6 is 97.9 Å². The third-order valence-electron chi connectivity index (χ3n) is 14.0. The standard InChI is InChI=1S/C28H28Cl2F2N2O7S2.C14H21NO4S2.C10H13NO4S2.C8H11NO2S2.C7H9NS.C6H11BrO2/c1-42-20-8-6-19(7-9-20)34(43(2,37)38)15-27(35)40-25(12-21-22(29)13-33(36)14-23(21)30)18-5-10-24(41-28(31)32)26(11-18)39-16-17-3-4-17;1-14(2,3)19-13(16)10-15(21(5,17)18)11-6-8-12(20-4)9-7-11;1-16-9-5-3-8(4-6-9)11(7-10(12)13)17(2,14)15;1-12-8-5-3-7(4-6-8)9-13(2,10)11;1-9-7-4-2-6(8)3-5-7;1-6(2,3)9-5(8)4-7/h5-11,13-14,17,25,28H,3-4,12,15-16H2,1-2H3;6-9H,10H2,1-5H3;3-6H,7H2,1-2H3,(H,12,13);3-6,9H,1-2H3;2-5H,8H2,1H3;4H2,1-3H3/t25-;;;;;/m0...../s1. The Morgan fingerprint density at radius 2 is 0.946 bits per heavy atom. The Hall–Kier alpha value is -6.78. The first-order valence-corrected chi connectivity index (χ1v) is 48.5. The molecular weight excluding hydrogens is 1740 g/mol. The van der Waals surface area contributed by atoms with Crippen LogP contribution in [0.3, 0.4) is 0 Å². The van der Waals surface area contributed by atoms with Gasteiger partial charge in [-0.15, -0.1) is 58.8 Å². The number of aromatic nitrogens is 1. The van der Waals surface area contributed by atoms with E-state index in [0.717, 1.165) is 88.4 Å². The molecule has 0 bridgehead atoms. The first-order valence-electron chi connectivity index (χ1n) is 33.1. The van der Waals surface area contributed by atoms with Crippen LogP contribution in [0.1, 0.15) is 71.6 Å². The summed E-state index contributed by atoms with van der Waals surface area (Å²) < 4.78 is 152. The summed E-state index contributed by atoms with van der Waals surface area (Å²) in [6.45, 7) is 6.35. The second kappa shape index (κ2) is 46.7. The van der Waals surface area contributed by atoms with E-state index in [2.05, 4.69) is 25.4 Å². The van der Waals surface area contributed by atoms with Gasteiger partial charge >= 0.3 is 30.5 Å². The van der Waals surface area contributed by atoms with Crippen LogP contribution in [0.2, 0.25) is 10.0 Å². The zero-order chi connectivity index (χ0) is 84.7. The lowest BCUT2D eigenvalue weighted by Crippen LogP contribution is -2.38. The van der Waals surface area contributed by atoms with Crippen molar-refractivity contribution < 1.29 is 95.2 Å². The van der Waals surface area contributed by atoms with E-state index in [0.29, 0.717) is 33.3 Å². The van der Waals surface area contributed by atoms with Gasteiger partial charge in [-0.25, -0.2) is 33.7 Å². The Morgan fingerprint density at radius 3 is 1.28 bits per heavy atom. The fourth-order valence-corrected chi connectivity index (χ4v) is 14.7. The molecule has 39 heteroatoms. The number of aliphatic carboxylic acids is 1. The molecule has 1 aromatic heterocycles. The predicted molar refractivity (Wildman–Crippen MR) is 453 cm³/mol. The topological polar surface area (TPSA) is 346 Å². The summed E-state index contributed by atoms with van der Waals surface area (Å²) in [5, 5.41) is 20.8. The van der Waals surface area contributed by atoms with E-state index in [4.69, 9.17) is 53.0 Å². The highest BCUT2D eigenvalue weighted by Crippen LogP contribution is 2.39. The summed E-state index contributed by atoms with van der Waals surface area (Å²) in [4.78, 5) is 51.7. The lowest BCUT2D eigenvalue weighted by Gasteiger charge is -2.25. The second-order valence-corrected chi connectivity index (χ2v) is 39.0. The molecule has 0 radical (unpaired) electrons. The number of carbonyl (C=O) groups excluding carboxylic acids is 3. The highest BCUT2D eigenvalue weighted by Gasteiger charge is 2.30. The lowest BCUT2D eigenvalue weighted by molar-refractivity contribution is -0.605. The summed E-state index contributed by atoms with van der Waals surface area (Å²) in [6.07, 6.45) is 16.7. The zero-order valence-electron chi connectivity index (χ0n) is 64.0. The lowest BCUT2D eigenvalue weighted by atomic mass is 10.0. The molecule has 1 aliphatic rings. The third kappa shape index (κ3) is 39.5. The molecule has 1 heterocycles. The van der Waals surface area contributed by atoms with Crippen molar-refractivity contribution in [1.29, 1.82) is 0 Å². The minimum absolute atomic E-state index is 0.00180. The molecular formula is C73H93BrCl2F2N6O19S9. The molecule has 618 valence electrons. The van der Waals surface area contributed by atoms with Crippen LogP contribution in [0.25, 0.3) is 0 Å². The quantitative estimate of drug-likeness (QED) is 0.00745. The first kappa shape index (κ1) is 99.4. The fourth-order valence-electron chi connectivity index (χ4n) is 8.88. The zero-order valence-corrected chi connectivity index (χ0v) is 74.5. The van der Waals surface area contributed by atoms with Gasteiger partial charge in [-0.1, -0.05) is 45.2 Å². The molecule has 25 nitrogen and oxygen atoms in total. The van der Waals surface area contributed by atoms with Crippen molar-refractivity contribution in [2.24, 2.45) is 5.92 Å². The van der Waals surface area contributed by atoms with Gasteiger partial charge in [0.2, 0.25) is 40.1 Å². The number of hydrogen-bond donors (Lipinski definition) is 3. The molecule has 1 atom stereocenters. The molecule has 7 aromatic rings. The molecule has 0 unspecified atom stereocenters. The Morgan fingerprint density at radius 1 is 0.580 bits per heavy atom. The van der Waals surface area contributed by atoms with Crippen LogP contribution in [-0.2, 0) is 79.9 Å². The maximum Gasteiger partial charge on any atom is 0.387 e. The number of thioether (sulfide) groups is 5. The number of sulfonamides is 4. The Kier molecular flexibility index (Phi) is 41.4. The van der Waals surface area contributed by atoms with Crippen molar-refractivity contribution >= 4 is 190 Å². The van der Waals surface area contributed by atoms with Crippen molar-refractivity contribution in [3.05, 3.63) is 178 Å². The average Bonchev–Trinajstić information content (AvgIpc) is 0.912. The highest BCUT2D eigenvalue weighted by molar-refractivity contribution is 9.09. The normalized spacial score (nSPS) is 12.3. The second-order valence-electron chi connectivity index (χ2n) is 25.8. The Labute approximate surface area is 695 Å². The molecule has 4 N–H and O–H groups in total. The molecule has 1 aliphatic carbocycles. The summed E-state index contributed by atoms with van der Waals surface area (Å²) in [7, 11) is -14.2. The number of benzene rings is 6. The van der Waals surface area contributed by atoms with Crippen molar-refractivity contribution in [2.75, 3.05) is 111 Å². The van der Waals surface area contributed by atoms with Gasteiger partial charge in [0.25, 0.3) is 0 Å². The van der Waals surface area contributed by atoms with Crippen molar-refractivity contribution in [3.63, 3.8) is 0 Å². The SMILES string of the molecule is CC(C)(C)OC(=O)CBr.CSc1ccc(N(CC(=O)O)S(C)(=O)=O)cc1.CSc1ccc(N(CC(=O)OC(C)(C)C)S(C)(=O)=O)cc1.CSc1ccc(N(CC(=O)O[C@@H](Cc2c(Cl)c[n+]([O-])cc2Cl)c2ccc(OC(F)F)c(OCC3CC3)c2)S(C)(=O)=O)cc1.CSc1ccc(N)cc1.CSc1ccc(NS(C)(=O)=O)cc1. The third-order valence-corrected chi connectivity index (χ3v) is 22.9. The number of hydrogen-bond acceptors (Lipinski definition) is 24. The number of carboxylic acids is 1. The number of nitrogens with one attached hydrogen (secondary N) is 1. The van der Waals surface area contributed by atoms with E-state index in [1.54, 1.807) is 129 Å². The smallest absolute Gasteiger partial charge is 0.387 e. The first-order chi connectivity index (χ1) is 52.0. The van der Waals surface area contributed by atoms with Gasteiger partial charge in [0.05, 0.1) is 48.7 Å². The van der Waals surface area contributed by atoms with E-state index in [1.165, 1.54) is 46.6 Å². The number of alkyl halides is 3. The number of nitrogen functional groups attached to an aromatic ring is 1. The van der Waals surface area contributed by atoms with E-state index in [-0.39, 0.29) is 69.3 Å². The van der Waals surface area contributed by atoms with Gasteiger partial charge < -0.3 is 39.7 Å². The van der Waals surface area contributed by atoms with Gasteiger partial charge in [0, 0.05) is 47.8 Å². The fraction of sp³-hybridized carbons (Fsp3) is 0.384. The number of esters is 3. The van der Waals surface area contributed by atoms with Gasteiger partial charge in [0.1, 0.15) is 52.3 Å². The summed E-state index contributed by atoms with van der Waals surface area (Å²) in [5.41, 5.74) is 7.53. The molecule has 6 aromatic carbocycles. The van der Waals surface area contributed by atoms with Gasteiger partial charge in [-0.3, -0.25) is 36.8 Å². The molecule has 0 amide bonds. The maximum absolute atomic E-state index is 13.3. The number of halogens is 5. The number of nitrogens with two attached hydrogens (primary N) is 1. The van der Waals surface area contributed by atoms with Gasteiger partial charge in [0.15, 0.2) is 23.9 Å². The van der Waals surface area contributed by atoms with Gasteiger partial charge in [-0.05, 0) is 231 Å². The summed E-state index contributed by atoms with van der Waals surface area (Å²) >= 11 is 23.5. The number of anilines is 5. The largest absolute Gasteiger partial charge is 0.619 e. The Bertz CT molecular complexity index is 4640. The van der Waals surface area contributed by atoms with Crippen LogP contribution in [0.15, 0.2) is 176 Å². The van der Waals surface area contributed by atoms with Crippen LogP contribution in [0.5, 0.6) is 11.5 Å². The average molecular weight is 1840 g/mol. The molecule has 0 spiro atoms. The van der Waals surface area contributed by atoms with E-state index < -0.39 is 89.4 Å². The predicted octanol–water partition coefficient (Wildman–Crippen LogP) is 15.3. The molecule has 0 saturated heterocycles. The minimum Gasteiger partial charge on any atom is -0.619 e. The summed E-state index contributed by atoms with van der Waals surface area (Å²) in [6, 6.07) is 39.4. The number of carbonyl (C=O) groups is 4. The van der Waals surface area contributed by atoms with E-state index >= 15 is 0 Å². The number of carboxylic acid groups (broad SMARTS) is 1. The molecule has 8 rings (SSSR count). The van der Waals surface area contributed by atoms with E-state index in [9.17, 15) is 66.8 Å². The molecule has 1 saturated carbocycles. The minimum atomic E-state index is -3.91. The van der Waals surface area contributed by atoms with Crippen molar-refractivity contribution in [2.45, 2.75) is 109 Å². The molecule has 112 heavy (non-hydrogen) atoms.